The highest BCUT2D eigenvalue weighted by atomic mass is 19.3. The van der Waals surface area contributed by atoms with E-state index in [4.69, 9.17) is 4.74 Å². The second kappa shape index (κ2) is 3.52. The van der Waals surface area contributed by atoms with Crippen LogP contribution in [0.3, 0.4) is 0 Å². The molecule has 0 amide bonds. The summed E-state index contributed by atoms with van der Waals surface area (Å²) in [5.74, 6) is 0. The molecule has 0 fully saturated rings. The minimum atomic E-state index is -3.07. The molecule has 0 radical (unpaired) electrons. The van der Waals surface area contributed by atoms with Gasteiger partial charge in [0, 0.05) is 0 Å². The molecule has 0 heterocycles. The Morgan fingerprint density at radius 1 is 1.00 bits per heavy atom. The molecule has 0 aromatic carbocycles. The van der Waals surface area contributed by atoms with Gasteiger partial charge in [-0.2, -0.15) is 8.78 Å². The minimum absolute atomic E-state index is 0.385. The van der Waals surface area contributed by atoms with Gasteiger partial charge in [0.25, 0.3) is 0 Å². The maximum Gasteiger partial charge on any atom is 0.361 e. The van der Waals surface area contributed by atoms with Gasteiger partial charge in [-0.05, 0) is 27.2 Å². The SMILES string of the molecule is CCC(C)(C)C(F)(F)OC(C)(C)C. The number of rotatable bonds is 3. The summed E-state index contributed by atoms with van der Waals surface area (Å²) in [5.41, 5.74) is -1.92. The van der Waals surface area contributed by atoms with Gasteiger partial charge in [-0.3, -0.25) is 0 Å². The van der Waals surface area contributed by atoms with Crippen LogP contribution in [-0.4, -0.2) is 11.7 Å². The smallest absolute Gasteiger partial charge is 0.314 e. The first kappa shape index (κ1) is 12.8. The Kier molecular flexibility index (Phi) is 3.47. The summed E-state index contributed by atoms with van der Waals surface area (Å²) in [4.78, 5) is 0. The van der Waals surface area contributed by atoms with E-state index in [1.54, 1.807) is 27.7 Å². The van der Waals surface area contributed by atoms with Crippen molar-refractivity contribution in [1.82, 2.24) is 0 Å². The summed E-state index contributed by atoms with van der Waals surface area (Å²) in [7, 11) is 0. The van der Waals surface area contributed by atoms with E-state index < -0.39 is 17.1 Å². The van der Waals surface area contributed by atoms with E-state index in [-0.39, 0.29) is 0 Å². The average Bonchev–Trinajstić information content (AvgIpc) is 1.81. The lowest BCUT2D eigenvalue weighted by molar-refractivity contribution is -0.335. The first-order chi connectivity index (χ1) is 5.52. The molecule has 0 N–H and O–H groups in total. The molecule has 0 bridgehead atoms. The van der Waals surface area contributed by atoms with E-state index in [0.29, 0.717) is 6.42 Å². The van der Waals surface area contributed by atoms with Crippen molar-refractivity contribution in [3.05, 3.63) is 0 Å². The van der Waals surface area contributed by atoms with Crippen molar-refractivity contribution in [1.29, 1.82) is 0 Å². The monoisotopic (exact) mass is 194 g/mol. The number of halogens is 2. The Morgan fingerprint density at radius 3 is 1.62 bits per heavy atom. The van der Waals surface area contributed by atoms with E-state index in [1.807, 2.05) is 0 Å². The second-order valence-electron chi connectivity index (χ2n) is 4.97. The van der Waals surface area contributed by atoms with Gasteiger partial charge in [-0.15, -0.1) is 0 Å². The molecule has 0 aromatic rings. The van der Waals surface area contributed by atoms with Crippen molar-refractivity contribution < 1.29 is 13.5 Å². The maximum atomic E-state index is 13.5. The fourth-order valence-electron chi connectivity index (χ4n) is 0.728. The van der Waals surface area contributed by atoms with Crippen LogP contribution in [0, 0.1) is 5.41 Å². The van der Waals surface area contributed by atoms with Crippen molar-refractivity contribution in [3.63, 3.8) is 0 Å². The molecule has 0 atom stereocenters. The Hall–Kier alpha value is -0.180. The molecule has 0 saturated heterocycles. The first-order valence-electron chi connectivity index (χ1n) is 4.60. The molecule has 0 unspecified atom stereocenters. The highest BCUT2D eigenvalue weighted by Crippen LogP contribution is 2.42. The molecule has 0 aliphatic rings. The van der Waals surface area contributed by atoms with Gasteiger partial charge in [0.2, 0.25) is 0 Å². The van der Waals surface area contributed by atoms with E-state index in [9.17, 15) is 8.78 Å². The summed E-state index contributed by atoms with van der Waals surface area (Å²) < 4.78 is 31.7. The largest absolute Gasteiger partial charge is 0.361 e. The summed E-state index contributed by atoms with van der Waals surface area (Å²) in [6.45, 7) is 9.66. The molecule has 0 aliphatic carbocycles. The van der Waals surface area contributed by atoms with Gasteiger partial charge in [0.05, 0.1) is 11.0 Å². The summed E-state index contributed by atoms with van der Waals surface area (Å²) >= 11 is 0. The van der Waals surface area contributed by atoms with Crippen LogP contribution >= 0.6 is 0 Å². The van der Waals surface area contributed by atoms with Crippen LogP contribution in [0.1, 0.15) is 48.0 Å². The molecule has 3 heteroatoms. The predicted octanol–water partition coefficient (Wildman–Crippen LogP) is 3.83. The molecule has 0 saturated carbocycles. The van der Waals surface area contributed by atoms with Crippen LogP contribution in [0.5, 0.6) is 0 Å². The van der Waals surface area contributed by atoms with E-state index in [0.717, 1.165) is 0 Å². The molecular weight excluding hydrogens is 174 g/mol. The van der Waals surface area contributed by atoms with Crippen LogP contribution in [-0.2, 0) is 4.74 Å². The van der Waals surface area contributed by atoms with Gasteiger partial charge in [0.1, 0.15) is 0 Å². The van der Waals surface area contributed by atoms with Gasteiger partial charge in [-0.1, -0.05) is 20.8 Å². The number of ether oxygens (including phenoxy) is 1. The van der Waals surface area contributed by atoms with Crippen molar-refractivity contribution in [2.75, 3.05) is 0 Å². The van der Waals surface area contributed by atoms with Gasteiger partial charge in [0.15, 0.2) is 0 Å². The molecule has 0 rings (SSSR count). The second-order valence-corrected chi connectivity index (χ2v) is 4.97. The number of hydrogen-bond donors (Lipinski definition) is 0. The van der Waals surface area contributed by atoms with E-state index in [1.165, 1.54) is 13.8 Å². The highest BCUT2D eigenvalue weighted by Gasteiger charge is 2.49. The zero-order valence-corrected chi connectivity index (χ0v) is 9.37. The zero-order valence-electron chi connectivity index (χ0n) is 9.37. The third-order valence-electron chi connectivity index (χ3n) is 2.11. The van der Waals surface area contributed by atoms with Gasteiger partial charge in [-0.25, -0.2) is 0 Å². The van der Waals surface area contributed by atoms with Crippen LogP contribution in [0.25, 0.3) is 0 Å². The molecule has 1 nitrogen and oxygen atoms in total. The lowest BCUT2D eigenvalue weighted by Crippen LogP contribution is -2.43. The highest BCUT2D eigenvalue weighted by molar-refractivity contribution is 4.79. The first-order valence-corrected chi connectivity index (χ1v) is 4.60. The summed E-state index contributed by atoms with van der Waals surface area (Å²) in [6.07, 6.45) is -2.68. The van der Waals surface area contributed by atoms with Crippen molar-refractivity contribution in [2.24, 2.45) is 5.41 Å². The lowest BCUT2D eigenvalue weighted by atomic mass is 9.88. The predicted molar refractivity (Wildman–Crippen MR) is 49.9 cm³/mol. The lowest BCUT2D eigenvalue weighted by Gasteiger charge is -2.37. The van der Waals surface area contributed by atoms with Crippen molar-refractivity contribution in [3.8, 4) is 0 Å². The number of hydrogen-bond acceptors (Lipinski definition) is 1. The average molecular weight is 194 g/mol. The maximum absolute atomic E-state index is 13.5. The Labute approximate surface area is 79.5 Å². The molecule has 80 valence electrons. The molecular formula is C10H20F2O. The minimum Gasteiger partial charge on any atom is -0.314 e. The van der Waals surface area contributed by atoms with Gasteiger partial charge >= 0.3 is 6.11 Å². The Morgan fingerprint density at radius 2 is 1.38 bits per heavy atom. The third-order valence-corrected chi connectivity index (χ3v) is 2.11. The Balaban J connectivity index is 4.58. The quantitative estimate of drug-likeness (QED) is 0.663. The van der Waals surface area contributed by atoms with Crippen molar-refractivity contribution >= 4 is 0 Å². The molecule has 0 spiro atoms. The van der Waals surface area contributed by atoms with Crippen LogP contribution < -0.4 is 0 Å². The molecule has 0 aliphatic heterocycles. The van der Waals surface area contributed by atoms with E-state index in [2.05, 4.69) is 0 Å². The van der Waals surface area contributed by atoms with Crippen molar-refractivity contribution in [2.45, 2.75) is 59.7 Å². The topological polar surface area (TPSA) is 9.23 Å². The standard InChI is InChI=1S/C10H20F2O/c1-7-9(5,6)10(11,12)13-8(2,3)4/h7H2,1-6H3. The zero-order chi connectivity index (χ0) is 10.9. The van der Waals surface area contributed by atoms with E-state index >= 15 is 0 Å². The fraction of sp³-hybridized carbons (Fsp3) is 1.00. The normalized spacial score (nSPS) is 14.8. The summed E-state index contributed by atoms with van der Waals surface area (Å²) in [6, 6.07) is 0. The van der Waals surface area contributed by atoms with Gasteiger partial charge < -0.3 is 4.74 Å². The van der Waals surface area contributed by atoms with Crippen LogP contribution in [0.4, 0.5) is 8.78 Å². The van der Waals surface area contributed by atoms with Crippen LogP contribution in [0.2, 0.25) is 0 Å². The number of alkyl halides is 2. The third kappa shape index (κ3) is 3.59. The van der Waals surface area contributed by atoms with Crippen LogP contribution in [0.15, 0.2) is 0 Å². The fourth-order valence-corrected chi connectivity index (χ4v) is 0.728. The Bertz CT molecular complexity index is 168. The molecule has 0 aromatic heterocycles. The molecule has 13 heavy (non-hydrogen) atoms. The summed E-state index contributed by atoms with van der Waals surface area (Å²) in [5, 5.41) is 0.